The second-order valence-electron chi connectivity index (χ2n) is 10.9. The number of likely N-dealkylation sites (tertiary alicyclic amines) is 1. The summed E-state index contributed by atoms with van der Waals surface area (Å²) in [4.78, 5) is 20.8. The van der Waals surface area contributed by atoms with Gasteiger partial charge < -0.3 is 5.32 Å². The maximum atomic E-state index is 13.5. The van der Waals surface area contributed by atoms with Gasteiger partial charge in [-0.2, -0.15) is 5.10 Å². The van der Waals surface area contributed by atoms with Crippen LogP contribution in [0.15, 0.2) is 30.3 Å². The first kappa shape index (κ1) is 23.0. The lowest BCUT2D eigenvalue weighted by molar-refractivity contribution is 0.0910. The number of benzene rings is 1. The average molecular weight is 464 g/mol. The Labute approximate surface area is 200 Å². The Bertz CT molecular complexity index is 1200. The standard InChI is InChI=1S/C27H34FN5O/c1-17-24-22(15-23(19-7-8-19)30-25(24)33(31-17)27(2,3)4)26(34)29-21-11-13-32(14-12-21)16-18-5-9-20(28)10-6-18/h5-6,9-10,15,19,21H,7-8,11-14,16H2,1-4H3,(H,29,34). The van der Waals surface area contributed by atoms with Crippen LogP contribution in [0.25, 0.3) is 11.0 Å². The van der Waals surface area contributed by atoms with Crippen LogP contribution in [0.2, 0.25) is 0 Å². The van der Waals surface area contributed by atoms with Crippen molar-refractivity contribution in [3.8, 4) is 0 Å². The summed E-state index contributed by atoms with van der Waals surface area (Å²) in [5.41, 5.74) is 4.27. The molecule has 5 rings (SSSR count). The van der Waals surface area contributed by atoms with Crippen LogP contribution in [0, 0.1) is 12.7 Å². The molecule has 1 saturated heterocycles. The summed E-state index contributed by atoms with van der Waals surface area (Å²) in [7, 11) is 0. The number of piperidine rings is 1. The van der Waals surface area contributed by atoms with Crippen LogP contribution in [0.5, 0.6) is 0 Å². The molecule has 0 bridgehead atoms. The highest BCUT2D eigenvalue weighted by molar-refractivity contribution is 6.06. The first-order valence-corrected chi connectivity index (χ1v) is 12.4. The molecule has 1 aliphatic carbocycles. The van der Waals surface area contributed by atoms with Crippen molar-refractivity contribution in [2.24, 2.45) is 0 Å². The Balaban J connectivity index is 1.32. The Morgan fingerprint density at radius 1 is 1.12 bits per heavy atom. The minimum Gasteiger partial charge on any atom is -0.349 e. The Morgan fingerprint density at radius 2 is 1.79 bits per heavy atom. The third-order valence-electron chi connectivity index (χ3n) is 6.95. The van der Waals surface area contributed by atoms with E-state index in [2.05, 4.69) is 31.0 Å². The molecule has 2 aromatic heterocycles. The third-order valence-corrected chi connectivity index (χ3v) is 6.95. The highest BCUT2D eigenvalue weighted by Crippen LogP contribution is 2.41. The number of carbonyl (C=O) groups is 1. The van der Waals surface area contributed by atoms with Crippen LogP contribution in [-0.4, -0.2) is 44.7 Å². The van der Waals surface area contributed by atoms with Crippen molar-refractivity contribution in [3.63, 3.8) is 0 Å². The molecule has 6 nitrogen and oxygen atoms in total. The van der Waals surface area contributed by atoms with Crippen molar-refractivity contribution in [1.82, 2.24) is 25.0 Å². The van der Waals surface area contributed by atoms with Gasteiger partial charge in [-0.1, -0.05) is 12.1 Å². The molecule has 3 heterocycles. The molecule has 0 spiro atoms. The number of hydrogen-bond donors (Lipinski definition) is 1. The summed E-state index contributed by atoms with van der Waals surface area (Å²) in [6, 6.07) is 8.85. The highest BCUT2D eigenvalue weighted by Gasteiger charge is 2.31. The fourth-order valence-corrected chi connectivity index (χ4v) is 4.89. The molecular formula is C27H34FN5O. The highest BCUT2D eigenvalue weighted by atomic mass is 19.1. The number of fused-ring (bicyclic) bond motifs is 1. The number of carbonyl (C=O) groups excluding carboxylic acids is 1. The second-order valence-corrected chi connectivity index (χ2v) is 10.9. The monoisotopic (exact) mass is 463 g/mol. The summed E-state index contributed by atoms with van der Waals surface area (Å²) in [6.07, 6.45) is 4.07. The average Bonchev–Trinajstić information content (AvgIpc) is 3.59. The van der Waals surface area contributed by atoms with E-state index >= 15 is 0 Å². The molecule has 1 saturated carbocycles. The van der Waals surface area contributed by atoms with Gasteiger partial charge in [-0.25, -0.2) is 14.1 Å². The summed E-state index contributed by atoms with van der Waals surface area (Å²) in [5, 5.41) is 8.94. The van der Waals surface area contributed by atoms with Gasteiger partial charge in [0.15, 0.2) is 5.65 Å². The van der Waals surface area contributed by atoms with Crippen LogP contribution >= 0.6 is 0 Å². The first-order chi connectivity index (χ1) is 16.2. The van der Waals surface area contributed by atoms with Crippen molar-refractivity contribution in [2.75, 3.05) is 13.1 Å². The SMILES string of the molecule is Cc1nn(C(C)(C)C)c2nc(C3CC3)cc(C(=O)NC3CCN(Cc4ccc(F)cc4)CC3)c12. The van der Waals surface area contributed by atoms with Crippen molar-refractivity contribution >= 4 is 16.9 Å². The van der Waals surface area contributed by atoms with E-state index in [1.165, 1.54) is 12.1 Å². The Hall–Kier alpha value is -2.80. The largest absolute Gasteiger partial charge is 0.349 e. The molecule has 0 atom stereocenters. The Kier molecular flexibility index (Phi) is 5.92. The van der Waals surface area contributed by atoms with Gasteiger partial charge in [0, 0.05) is 37.3 Å². The number of aromatic nitrogens is 3. The van der Waals surface area contributed by atoms with Gasteiger partial charge in [0.25, 0.3) is 5.91 Å². The maximum Gasteiger partial charge on any atom is 0.252 e. The summed E-state index contributed by atoms with van der Waals surface area (Å²) in [6.45, 7) is 10.9. The van der Waals surface area contributed by atoms with Crippen molar-refractivity contribution in [3.05, 3.63) is 58.7 Å². The molecule has 2 fully saturated rings. The van der Waals surface area contributed by atoms with Crippen LogP contribution < -0.4 is 5.32 Å². The van der Waals surface area contributed by atoms with Gasteiger partial charge >= 0.3 is 0 Å². The molecule has 0 unspecified atom stereocenters. The fourth-order valence-electron chi connectivity index (χ4n) is 4.89. The van der Waals surface area contributed by atoms with E-state index in [1.54, 1.807) is 0 Å². The lowest BCUT2D eigenvalue weighted by Gasteiger charge is -2.32. The molecule has 34 heavy (non-hydrogen) atoms. The topological polar surface area (TPSA) is 63.1 Å². The van der Waals surface area contributed by atoms with Gasteiger partial charge in [-0.15, -0.1) is 0 Å². The molecule has 7 heteroatoms. The van der Waals surface area contributed by atoms with E-state index < -0.39 is 0 Å². The molecule has 1 aliphatic heterocycles. The number of halogens is 1. The van der Waals surface area contributed by atoms with Crippen LogP contribution in [-0.2, 0) is 12.1 Å². The molecule has 1 N–H and O–H groups in total. The van der Waals surface area contributed by atoms with E-state index in [0.717, 1.165) is 73.3 Å². The molecule has 1 aromatic carbocycles. The quantitative estimate of drug-likeness (QED) is 0.584. The predicted molar refractivity (Wildman–Crippen MR) is 131 cm³/mol. The van der Waals surface area contributed by atoms with E-state index in [4.69, 9.17) is 10.1 Å². The van der Waals surface area contributed by atoms with E-state index in [9.17, 15) is 9.18 Å². The molecule has 3 aromatic rings. The first-order valence-electron chi connectivity index (χ1n) is 12.4. The number of aryl methyl sites for hydroxylation is 1. The summed E-state index contributed by atoms with van der Waals surface area (Å²) < 4.78 is 15.1. The second kappa shape index (κ2) is 8.77. The van der Waals surface area contributed by atoms with Crippen molar-refractivity contribution in [2.45, 2.75) is 77.4 Å². The van der Waals surface area contributed by atoms with Crippen LogP contribution in [0.3, 0.4) is 0 Å². The molecule has 0 radical (unpaired) electrons. The van der Waals surface area contributed by atoms with Gasteiger partial charge in [-0.05, 0) is 77.1 Å². The molecular weight excluding hydrogens is 429 g/mol. The number of rotatable bonds is 5. The third kappa shape index (κ3) is 4.71. The number of pyridine rings is 1. The number of nitrogens with zero attached hydrogens (tertiary/aromatic N) is 4. The van der Waals surface area contributed by atoms with Gasteiger partial charge in [0.05, 0.1) is 22.2 Å². The number of amides is 1. The lowest BCUT2D eigenvalue weighted by Crippen LogP contribution is -2.44. The smallest absolute Gasteiger partial charge is 0.252 e. The Morgan fingerprint density at radius 3 is 2.41 bits per heavy atom. The lowest BCUT2D eigenvalue weighted by atomic mass is 10.0. The molecule has 2 aliphatic rings. The molecule has 1 amide bonds. The van der Waals surface area contributed by atoms with Crippen LogP contribution in [0.1, 0.15) is 79.7 Å². The van der Waals surface area contributed by atoms with E-state index in [-0.39, 0.29) is 23.3 Å². The normalized spacial score (nSPS) is 17.9. The van der Waals surface area contributed by atoms with Crippen molar-refractivity contribution < 1.29 is 9.18 Å². The minimum absolute atomic E-state index is 0.0251. The van der Waals surface area contributed by atoms with Crippen LogP contribution in [0.4, 0.5) is 4.39 Å². The zero-order chi connectivity index (χ0) is 24.0. The zero-order valence-electron chi connectivity index (χ0n) is 20.6. The van der Waals surface area contributed by atoms with Gasteiger partial charge in [-0.3, -0.25) is 9.69 Å². The zero-order valence-corrected chi connectivity index (χ0v) is 20.6. The summed E-state index contributed by atoms with van der Waals surface area (Å²) in [5.74, 6) is 0.223. The van der Waals surface area contributed by atoms with Gasteiger partial charge in [0.2, 0.25) is 0 Å². The fraction of sp³-hybridized carbons (Fsp3) is 0.519. The van der Waals surface area contributed by atoms with E-state index in [0.29, 0.717) is 11.5 Å². The summed E-state index contributed by atoms with van der Waals surface area (Å²) >= 11 is 0. The minimum atomic E-state index is -0.215. The van der Waals surface area contributed by atoms with Crippen molar-refractivity contribution in [1.29, 1.82) is 0 Å². The maximum absolute atomic E-state index is 13.5. The number of hydrogen-bond acceptors (Lipinski definition) is 4. The molecule has 180 valence electrons. The van der Waals surface area contributed by atoms with Gasteiger partial charge in [0.1, 0.15) is 5.82 Å². The predicted octanol–water partition coefficient (Wildman–Crippen LogP) is 4.91. The number of nitrogens with one attached hydrogen (secondary N) is 1. The van der Waals surface area contributed by atoms with E-state index in [1.807, 2.05) is 29.8 Å².